The van der Waals surface area contributed by atoms with Gasteiger partial charge in [0.2, 0.25) is 0 Å². The summed E-state index contributed by atoms with van der Waals surface area (Å²) in [5, 5.41) is 9.39. The normalized spacial score (nSPS) is 12.1. The van der Waals surface area contributed by atoms with Crippen LogP contribution < -0.4 is 0 Å². The molecule has 4 heteroatoms. The molecule has 0 spiro atoms. The minimum Gasteiger partial charge on any atom is -0.394 e. The van der Waals surface area contributed by atoms with E-state index in [2.05, 4.69) is 13.8 Å². The largest absolute Gasteiger partial charge is 0.394 e. The molecule has 1 atom stereocenters. The summed E-state index contributed by atoms with van der Waals surface area (Å²) in [6.45, 7) is 6.66. The van der Waals surface area contributed by atoms with Gasteiger partial charge in [-0.25, -0.2) is 0 Å². The topological polar surface area (TPSA) is 38.7 Å². The fourth-order valence-electron chi connectivity index (χ4n) is 3.19. The number of aliphatic hydroxyl groups excluding tert-OH is 1. The molecule has 0 rings (SSSR count). The van der Waals surface area contributed by atoms with Gasteiger partial charge in [0.05, 0.1) is 13.2 Å². The third-order valence-corrected chi connectivity index (χ3v) is 5.00. The van der Waals surface area contributed by atoms with E-state index < -0.39 is 0 Å². The molecule has 0 aromatic carbocycles. The Labute approximate surface area is 176 Å². The van der Waals surface area contributed by atoms with Crippen LogP contribution in [0.3, 0.4) is 0 Å². The van der Waals surface area contributed by atoms with Crippen molar-refractivity contribution in [2.75, 3.05) is 26.4 Å². The van der Waals surface area contributed by atoms with Crippen molar-refractivity contribution < 1.29 is 14.6 Å². The van der Waals surface area contributed by atoms with Crippen molar-refractivity contribution in [1.29, 1.82) is 0 Å². The Balaban J connectivity index is 0. The van der Waals surface area contributed by atoms with Crippen LogP contribution in [0.15, 0.2) is 0 Å². The van der Waals surface area contributed by atoms with E-state index in [-0.39, 0.29) is 25.1 Å². The zero-order chi connectivity index (χ0) is 19.1. The molecule has 3 nitrogen and oxygen atoms in total. The van der Waals surface area contributed by atoms with E-state index >= 15 is 0 Å². The Morgan fingerprint density at radius 1 is 0.593 bits per heavy atom. The molecule has 0 amide bonds. The molecule has 0 aliphatic rings. The van der Waals surface area contributed by atoms with Gasteiger partial charge in [0.1, 0.15) is 6.10 Å². The zero-order valence-corrected chi connectivity index (χ0v) is 19.2. The van der Waals surface area contributed by atoms with Crippen LogP contribution in [-0.4, -0.2) is 37.6 Å². The van der Waals surface area contributed by atoms with Gasteiger partial charge in [0, 0.05) is 13.2 Å². The van der Waals surface area contributed by atoms with Gasteiger partial charge in [-0.15, -0.1) is 12.4 Å². The number of rotatable bonds is 22. The van der Waals surface area contributed by atoms with Crippen LogP contribution in [-0.2, 0) is 9.47 Å². The third kappa shape index (κ3) is 24.1. The van der Waals surface area contributed by atoms with Crippen LogP contribution in [0, 0.1) is 0 Å². The molecule has 166 valence electrons. The maximum atomic E-state index is 9.39. The highest BCUT2D eigenvalue weighted by Gasteiger charge is 2.07. The molecule has 0 radical (unpaired) electrons. The highest BCUT2D eigenvalue weighted by molar-refractivity contribution is 5.85. The van der Waals surface area contributed by atoms with E-state index in [0.717, 1.165) is 26.1 Å². The molecule has 1 N–H and O–H groups in total. The van der Waals surface area contributed by atoms with Gasteiger partial charge in [0.15, 0.2) is 0 Å². The molecular weight excluding hydrogens is 360 g/mol. The summed E-state index contributed by atoms with van der Waals surface area (Å²) in [7, 11) is 0. The van der Waals surface area contributed by atoms with Crippen molar-refractivity contribution in [3.8, 4) is 0 Å². The van der Waals surface area contributed by atoms with E-state index in [1.54, 1.807) is 0 Å². The average molecular weight is 409 g/mol. The van der Waals surface area contributed by atoms with Crippen molar-refractivity contribution in [2.24, 2.45) is 0 Å². The number of halogens is 1. The summed E-state index contributed by atoms with van der Waals surface area (Å²) in [6, 6.07) is 0. The Kier molecular flexibility index (Phi) is 28.5. The van der Waals surface area contributed by atoms with Gasteiger partial charge >= 0.3 is 0 Å². The number of unbranched alkanes of at least 4 members (excludes halogenated alkanes) is 14. The molecule has 0 saturated heterocycles. The van der Waals surface area contributed by atoms with E-state index in [0.29, 0.717) is 6.61 Å². The highest BCUT2D eigenvalue weighted by Crippen LogP contribution is 2.10. The lowest BCUT2D eigenvalue weighted by Gasteiger charge is -2.15. The maximum Gasteiger partial charge on any atom is 0.104 e. The lowest BCUT2D eigenvalue weighted by molar-refractivity contribution is -0.0437. The smallest absolute Gasteiger partial charge is 0.104 e. The van der Waals surface area contributed by atoms with Crippen LogP contribution in [0.25, 0.3) is 0 Å². The first-order valence-electron chi connectivity index (χ1n) is 11.6. The molecule has 0 fully saturated rings. The summed E-state index contributed by atoms with van der Waals surface area (Å²) >= 11 is 0. The van der Waals surface area contributed by atoms with Gasteiger partial charge in [0.25, 0.3) is 0 Å². The van der Waals surface area contributed by atoms with Crippen LogP contribution >= 0.6 is 12.4 Å². The predicted molar refractivity (Wildman–Crippen MR) is 120 cm³/mol. The second-order valence-corrected chi connectivity index (χ2v) is 7.70. The number of ether oxygens (including phenoxy) is 2. The second-order valence-electron chi connectivity index (χ2n) is 7.70. The Morgan fingerprint density at radius 3 is 1.44 bits per heavy atom. The van der Waals surface area contributed by atoms with Crippen molar-refractivity contribution in [2.45, 2.75) is 123 Å². The zero-order valence-electron chi connectivity index (χ0n) is 18.4. The summed E-state index contributed by atoms with van der Waals surface area (Å²) in [6.07, 6.45) is 20.9. The molecule has 1 unspecified atom stereocenters. The van der Waals surface area contributed by atoms with Crippen molar-refractivity contribution >= 4 is 12.4 Å². The Bertz CT molecular complexity index is 252. The Morgan fingerprint density at radius 2 is 1.00 bits per heavy atom. The van der Waals surface area contributed by atoms with E-state index in [9.17, 15) is 5.11 Å². The SMILES string of the molecule is CCCCCCCCCCOCC(CO)OCCCCCCCCCC.Cl. The summed E-state index contributed by atoms with van der Waals surface area (Å²) in [4.78, 5) is 0. The number of aliphatic hydroxyl groups is 1. The van der Waals surface area contributed by atoms with Crippen LogP contribution in [0.1, 0.15) is 117 Å². The molecule has 0 saturated carbocycles. The van der Waals surface area contributed by atoms with Crippen LogP contribution in [0.5, 0.6) is 0 Å². The van der Waals surface area contributed by atoms with E-state index in [1.165, 1.54) is 89.9 Å². The van der Waals surface area contributed by atoms with Crippen molar-refractivity contribution in [3.63, 3.8) is 0 Å². The molecule has 0 aliphatic heterocycles. The summed E-state index contributed by atoms with van der Waals surface area (Å²) in [5.74, 6) is 0. The fourth-order valence-corrected chi connectivity index (χ4v) is 3.19. The van der Waals surface area contributed by atoms with E-state index in [1.807, 2.05) is 0 Å². The first-order chi connectivity index (χ1) is 12.8. The number of hydrogen-bond acceptors (Lipinski definition) is 3. The van der Waals surface area contributed by atoms with Gasteiger partial charge in [-0.2, -0.15) is 0 Å². The average Bonchev–Trinajstić information content (AvgIpc) is 2.66. The first-order valence-corrected chi connectivity index (χ1v) is 11.6. The standard InChI is InChI=1S/C23H48O3.ClH/c1-3-5-7-9-11-13-15-17-19-25-22-23(21-24)26-20-18-16-14-12-10-8-6-4-2;/h23-24H,3-22H2,1-2H3;1H. The summed E-state index contributed by atoms with van der Waals surface area (Å²) < 4.78 is 11.4. The second kappa shape index (κ2) is 26.2. The minimum atomic E-state index is -0.145. The number of hydrogen-bond donors (Lipinski definition) is 1. The first kappa shape index (κ1) is 29.4. The summed E-state index contributed by atoms with van der Waals surface area (Å²) in [5.41, 5.74) is 0. The monoisotopic (exact) mass is 408 g/mol. The molecule has 27 heavy (non-hydrogen) atoms. The maximum absolute atomic E-state index is 9.39. The van der Waals surface area contributed by atoms with Gasteiger partial charge in [-0.05, 0) is 12.8 Å². The quantitative estimate of drug-likeness (QED) is 0.194. The van der Waals surface area contributed by atoms with E-state index in [4.69, 9.17) is 9.47 Å². The van der Waals surface area contributed by atoms with Crippen molar-refractivity contribution in [1.82, 2.24) is 0 Å². The molecule has 0 aromatic heterocycles. The third-order valence-electron chi connectivity index (χ3n) is 5.00. The fraction of sp³-hybridized carbons (Fsp3) is 1.00. The molecule has 0 aromatic rings. The molecular formula is C23H49ClO3. The van der Waals surface area contributed by atoms with Gasteiger partial charge < -0.3 is 14.6 Å². The minimum absolute atomic E-state index is 0. The lowest BCUT2D eigenvalue weighted by Crippen LogP contribution is -2.24. The van der Waals surface area contributed by atoms with Gasteiger partial charge in [-0.3, -0.25) is 0 Å². The molecule has 0 aliphatic carbocycles. The lowest BCUT2D eigenvalue weighted by atomic mass is 10.1. The predicted octanol–water partition coefficient (Wildman–Crippen LogP) is 7.08. The van der Waals surface area contributed by atoms with Crippen molar-refractivity contribution in [3.05, 3.63) is 0 Å². The Hall–Kier alpha value is 0.170. The van der Waals surface area contributed by atoms with Gasteiger partial charge in [-0.1, -0.05) is 104 Å². The van der Waals surface area contributed by atoms with Crippen LogP contribution in [0.4, 0.5) is 0 Å². The molecule has 0 heterocycles. The molecule has 0 bridgehead atoms. The van der Waals surface area contributed by atoms with Crippen LogP contribution in [0.2, 0.25) is 0 Å². The highest BCUT2D eigenvalue weighted by atomic mass is 35.5.